The van der Waals surface area contributed by atoms with E-state index in [-0.39, 0.29) is 25.3 Å². The van der Waals surface area contributed by atoms with Crippen LogP contribution in [0.1, 0.15) is 84.3 Å². The van der Waals surface area contributed by atoms with Gasteiger partial charge in [-0.15, -0.1) is 0 Å². The summed E-state index contributed by atoms with van der Waals surface area (Å²) < 4.78 is 28.7. The van der Waals surface area contributed by atoms with Crippen LogP contribution in [0.5, 0.6) is 0 Å². The van der Waals surface area contributed by atoms with Crippen molar-refractivity contribution in [3.63, 3.8) is 0 Å². The van der Waals surface area contributed by atoms with Crippen molar-refractivity contribution in [2.24, 2.45) is 5.73 Å². The second kappa shape index (κ2) is 23.7. The van der Waals surface area contributed by atoms with E-state index in [0.29, 0.717) is 5.02 Å². The number of halogens is 5. The third kappa shape index (κ3) is 13.8. The summed E-state index contributed by atoms with van der Waals surface area (Å²) in [7, 11) is 8.34. The van der Waals surface area contributed by atoms with Crippen molar-refractivity contribution in [1.82, 2.24) is 19.1 Å². The van der Waals surface area contributed by atoms with Crippen molar-refractivity contribution in [1.29, 1.82) is 0 Å². The van der Waals surface area contributed by atoms with E-state index in [0.717, 1.165) is 25.3 Å². The molecule has 17 heteroatoms. The van der Waals surface area contributed by atoms with Gasteiger partial charge in [0, 0.05) is 73.1 Å². The topological polar surface area (TPSA) is 154 Å². The molecule has 0 aliphatic rings. The van der Waals surface area contributed by atoms with E-state index < -0.39 is 51.4 Å². The minimum Gasteiger partial charge on any atom is -0.377 e. The summed E-state index contributed by atoms with van der Waals surface area (Å²) in [5.41, 5.74) is 6.74. The normalized spacial score (nSPS) is 11.5. The second-order valence-electron chi connectivity index (χ2n) is 14.9. The Hall–Kier alpha value is -5.41. The Labute approximate surface area is 375 Å². The van der Waals surface area contributed by atoms with Crippen molar-refractivity contribution in [3.05, 3.63) is 165 Å². The molecule has 6 aromatic rings. The summed E-state index contributed by atoms with van der Waals surface area (Å²) in [6.07, 6.45) is 0. The number of nitrogens with one attached hydrogen (secondary N) is 3. The Kier molecular flexibility index (Phi) is 20.2. The van der Waals surface area contributed by atoms with E-state index in [1.807, 2.05) is 42.2 Å². The lowest BCUT2D eigenvalue weighted by Gasteiger charge is -2.21. The van der Waals surface area contributed by atoms with Crippen LogP contribution >= 0.6 is 34.8 Å². The largest absolute Gasteiger partial charge is 0.377 e. The fourth-order valence-corrected chi connectivity index (χ4v) is 6.54. The number of benzene rings is 4. The van der Waals surface area contributed by atoms with Crippen LogP contribution in [-0.4, -0.2) is 47.3 Å². The highest BCUT2D eigenvalue weighted by molar-refractivity contribution is 6.31. The molecule has 0 amide bonds. The van der Waals surface area contributed by atoms with Gasteiger partial charge in [0.2, 0.25) is 11.6 Å². The van der Waals surface area contributed by atoms with Gasteiger partial charge in [-0.05, 0) is 94.5 Å². The summed E-state index contributed by atoms with van der Waals surface area (Å²) in [6, 6.07) is 26.4. The van der Waals surface area contributed by atoms with Gasteiger partial charge in [0.1, 0.15) is 5.82 Å². The van der Waals surface area contributed by atoms with Crippen molar-refractivity contribution in [2.45, 2.75) is 73.1 Å². The fraction of sp³-hybridized carbons (Fsp3) is 0.333. The smallest absolute Gasteiger partial charge is 0.330 e. The van der Waals surface area contributed by atoms with Gasteiger partial charge in [-0.3, -0.25) is 28.7 Å². The molecule has 62 heavy (non-hydrogen) atoms. The molecular formula is C45H57Cl3F2N8O4. The maximum absolute atomic E-state index is 14.2. The number of nitrogens with zero attached hydrogens (tertiary/aromatic N) is 4. The maximum atomic E-state index is 14.2. The number of anilines is 3. The second-order valence-corrected chi connectivity index (χ2v) is 16.2. The van der Waals surface area contributed by atoms with Crippen LogP contribution in [0.3, 0.4) is 0 Å². The molecular weight excluding hydrogens is 861 g/mol. The number of aromatic nitrogens is 4. The highest BCUT2D eigenvalue weighted by Crippen LogP contribution is 2.33. The number of H-pyrrole nitrogens is 2. The van der Waals surface area contributed by atoms with E-state index in [1.165, 1.54) is 22.1 Å². The minimum atomic E-state index is -1.13. The quantitative estimate of drug-likeness (QED) is 0.110. The van der Waals surface area contributed by atoms with Crippen LogP contribution in [0, 0.1) is 11.6 Å². The highest BCUT2D eigenvalue weighted by Gasteiger charge is 2.18. The van der Waals surface area contributed by atoms with E-state index >= 15 is 0 Å². The first-order valence-corrected chi connectivity index (χ1v) is 20.3. The molecule has 0 spiro atoms. The first-order valence-electron chi connectivity index (χ1n) is 19.2. The van der Waals surface area contributed by atoms with Crippen LogP contribution in [0.15, 0.2) is 104 Å². The predicted molar refractivity (Wildman–Crippen MR) is 255 cm³/mol. The molecule has 6 rings (SSSR count). The van der Waals surface area contributed by atoms with Gasteiger partial charge in [-0.1, -0.05) is 90.8 Å². The summed E-state index contributed by atoms with van der Waals surface area (Å²) in [4.78, 5) is 54.8. The third-order valence-electron chi connectivity index (χ3n) is 9.05. The van der Waals surface area contributed by atoms with Crippen LogP contribution in [0.2, 0.25) is 15.2 Å². The Morgan fingerprint density at radius 2 is 1.05 bits per heavy atom. The highest BCUT2D eigenvalue weighted by atomic mass is 35.5. The fourth-order valence-electron chi connectivity index (χ4n) is 5.98. The maximum Gasteiger partial charge on any atom is 0.330 e. The Bertz CT molecular complexity index is 2620. The van der Waals surface area contributed by atoms with Crippen LogP contribution < -0.4 is 43.3 Å². The molecule has 336 valence electrons. The van der Waals surface area contributed by atoms with Crippen LogP contribution in [0.4, 0.5) is 26.0 Å². The van der Waals surface area contributed by atoms with Gasteiger partial charge in [0.25, 0.3) is 11.1 Å². The molecule has 0 aliphatic heterocycles. The standard InChI is InChI=1S/C15H17ClFN3O2.C14H18N2.C8H10ClN.C7H8ClFN2O2.CH4/c1-8(2)20-14(21)12(17)13(19-15(20)22)18-9(3)10-5-4-6-11(16)7-10;1-15(2)12-9-5-7-11-8-6-10-13(14(11)12)16(3)4;1-6(10)7-3-2-4-8(9)5-7;1-3(2)11-6(12)4(9)5(8)10-7(11)13;/h4-9,18H,1-3H3,(H,19,22);5-10H,1-4H3;2-6H,10H2,1H3;3H,1-2H3,(H,10,13);1H4/t9-;;6-;;/m0.0../s1. The SMILES string of the molecule is C.CC(C)n1c(=O)[nH]c(Cl)c(F)c1=O.CC(C)n1c(=O)[nH]c(N[C@@H](C)c2cccc(Cl)c2)c(F)c1=O.CN(C)c1cccc2cccc(N(C)C)c12.C[C@H](N)c1cccc(Cl)c1. The molecule has 2 atom stereocenters. The average Bonchev–Trinajstić information content (AvgIpc) is 3.18. The van der Waals surface area contributed by atoms with Crippen molar-refractivity contribution < 1.29 is 8.78 Å². The number of rotatable bonds is 8. The van der Waals surface area contributed by atoms with Gasteiger partial charge in [0.15, 0.2) is 5.15 Å². The lowest BCUT2D eigenvalue weighted by Crippen LogP contribution is -2.39. The molecule has 4 aromatic carbocycles. The number of hydrogen-bond donors (Lipinski definition) is 4. The molecule has 0 radical (unpaired) electrons. The van der Waals surface area contributed by atoms with Crippen molar-refractivity contribution in [2.75, 3.05) is 43.3 Å². The molecule has 5 N–H and O–H groups in total. The molecule has 0 unspecified atom stereocenters. The number of hydrogen-bond acceptors (Lipinski definition) is 8. The van der Waals surface area contributed by atoms with E-state index in [2.05, 4.69) is 84.7 Å². The summed E-state index contributed by atoms with van der Waals surface area (Å²) in [5, 5.41) is 6.15. The van der Waals surface area contributed by atoms with Crippen LogP contribution in [0.25, 0.3) is 10.8 Å². The zero-order chi connectivity index (χ0) is 45.9. The van der Waals surface area contributed by atoms with Gasteiger partial charge in [-0.2, -0.15) is 8.78 Å². The minimum absolute atomic E-state index is 0. The molecule has 0 saturated heterocycles. The summed E-state index contributed by atoms with van der Waals surface area (Å²) in [6.45, 7) is 10.2. The first-order chi connectivity index (χ1) is 28.6. The van der Waals surface area contributed by atoms with E-state index in [1.54, 1.807) is 52.8 Å². The number of aromatic amines is 2. The van der Waals surface area contributed by atoms with Gasteiger partial charge in [-0.25, -0.2) is 9.59 Å². The Balaban J connectivity index is 0.000000294. The van der Waals surface area contributed by atoms with E-state index in [9.17, 15) is 28.0 Å². The molecule has 0 fully saturated rings. The summed E-state index contributed by atoms with van der Waals surface area (Å²) >= 11 is 16.9. The summed E-state index contributed by atoms with van der Waals surface area (Å²) in [5.74, 6) is -2.36. The first kappa shape index (κ1) is 52.7. The third-order valence-corrected chi connectivity index (χ3v) is 9.78. The van der Waals surface area contributed by atoms with Crippen molar-refractivity contribution in [3.8, 4) is 0 Å². The Morgan fingerprint density at radius 3 is 1.47 bits per heavy atom. The predicted octanol–water partition coefficient (Wildman–Crippen LogP) is 9.96. The van der Waals surface area contributed by atoms with E-state index in [4.69, 9.17) is 40.5 Å². The molecule has 0 bridgehead atoms. The van der Waals surface area contributed by atoms with Crippen LogP contribution in [-0.2, 0) is 0 Å². The van der Waals surface area contributed by atoms with Gasteiger partial charge < -0.3 is 20.9 Å². The van der Waals surface area contributed by atoms with Crippen molar-refractivity contribution >= 4 is 62.8 Å². The Morgan fingerprint density at radius 1 is 0.629 bits per heavy atom. The monoisotopic (exact) mass is 916 g/mol. The molecule has 2 aromatic heterocycles. The zero-order valence-corrected chi connectivity index (χ0v) is 38.0. The van der Waals surface area contributed by atoms with Gasteiger partial charge in [0.05, 0.1) is 6.04 Å². The zero-order valence-electron chi connectivity index (χ0n) is 35.8. The molecule has 0 aliphatic carbocycles. The number of nitrogens with two attached hydrogens (primary N) is 1. The molecule has 2 heterocycles. The molecule has 0 saturated carbocycles. The molecule has 12 nitrogen and oxygen atoms in total. The lowest BCUT2D eigenvalue weighted by atomic mass is 10.1. The lowest BCUT2D eigenvalue weighted by molar-refractivity contribution is 0.497. The average molecular weight is 918 g/mol. The van der Waals surface area contributed by atoms with Gasteiger partial charge >= 0.3 is 11.4 Å². The number of fused-ring (bicyclic) bond motifs is 1.